The lowest BCUT2D eigenvalue weighted by Crippen LogP contribution is -2.32. The van der Waals surface area contributed by atoms with Crippen LogP contribution >= 0.6 is 11.6 Å². The number of hydrogen-bond acceptors (Lipinski definition) is 7. The third-order valence-electron chi connectivity index (χ3n) is 5.86. The number of hydrogen-bond donors (Lipinski definition) is 1. The smallest absolute Gasteiger partial charge is 0.273 e. The van der Waals surface area contributed by atoms with Crippen LogP contribution in [0.5, 0.6) is 5.75 Å². The van der Waals surface area contributed by atoms with Crippen LogP contribution in [0, 0.1) is 12.8 Å². The van der Waals surface area contributed by atoms with Crippen molar-refractivity contribution in [2.24, 2.45) is 15.9 Å². The summed E-state index contributed by atoms with van der Waals surface area (Å²) in [6, 6.07) is 2.88. The van der Waals surface area contributed by atoms with Gasteiger partial charge in [0.1, 0.15) is 28.0 Å². The fourth-order valence-corrected chi connectivity index (χ4v) is 4.13. The Morgan fingerprint density at radius 1 is 1.35 bits per heavy atom. The molecule has 0 amide bonds. The molecule has 3 rings (SSSR count). The number of ether oxygens (including phenoxy) is 1. The molecule has 1 N–H and O–H groups in total. The standard InChI is InChI=1S/C27H30ClF2N5O3.C2H6/c1-6-17-14-33-21(20-7-9-32-26(34-20)27(3,4)37)13-22(17)35-16(2)11-23(24(28)25(35)36)38-10-8-18(29)12-19(30)15-31-5;1-2/h7,9,11-15,17,22,37H,5-6,8,10H2,1-4H3;1-2H3/b18-12+,19-15+;/t17?,22-;/m1./s1. The maximum Gasteiger partial charge on any atom is 0.273 e. The van der Waals surface area contributed by atoms with Gasteiger partial charge in [0, 0.05) is 42.6 Å². The summed E-state index contributed by atoms with van der Waals surface area (Å²) in [5.41, 5.74) is -0.0899. The second-order valence-corrected chi connectivity index (χ2v) is 9.62. The Morgan fingerprint density at radius 2 is 2.05 bits per heavy atom. The molecule has 3 heterocycles. The molecular weight excluding hydrogens is 540 g/mol. The molecule has 0 radical (unpaired) electrons. The maximum atomic E-state index is 13.9. The molecule has 2 atom stereocenters. The number of aliphatic hydroxyl groups is 1. The van der Waals surface area contributed by atoms with Gasteiger partial charge in [-0.15, -0.1) is 0 Å². The van der Waals surface area contributed by atoms with Crippen molar-refractivity contribution in [1.29, 1.82) is 0 Å². The number of aromatic nitrogens is 3. The number of rotatable bonds is 10. The molecule has 0 spiro atoms. The van der Waals surface area contributed by atoms with Crippen molar-refractivity contribution in [2.75, 3.05) is 6.61 Å². The molecule has 216 valence electrons. The van der Waals surface area contributed by atoms with Gasteiger partial charge in [0.2, 0.25) is 0 Å². The maximum absolute atomic E-state index is 13.9. The quantitative estimate of drug-likeness (QED) is 0.251. The number of aliphatic imine (C=N–C) groups is 2. The number of nitrogens with zero attached hydrogens (tertiary/aromatic N) is 5. The molecule has 0 aromatic carbocycles. The van der Waals surface area contributed by atoms with E-state index in [0.29, 0.717) is 29.6 Å². The van der Waals surface area contributed by atoms with Crippen molar-refractivity contribution < 1.29 is 18.6 Å². The van der Waals surface area contributed by atoms with Gasteiger partial charge in [-0.05, 0) is 46.1 Å². The Morgan fingerprint density at radius 3 is 2.67 bits per heavy atom. The Balaban J connectivity index is 0.00000274. The first-order valence-electron chi connectivity index (χ1n) is 13.0. The van der Waals surface area contributed by atoms with Crippen molar-refractivity contribution in [3.8, 4) is 5.75 Å². The molecule has 8 nitrogen and oxygen atoms in total. The molecule has 1 unspecified atom stereocenters. The first kappa shape index (κ1) is 32.7. The van der Waals surface area contributed by atoms with Gasteiger partial charge in [0.25, 0.3) is 5.56 Å². The van der Waals surface area contributed by atoms with Crippen molar-refractivity contribution in [1.82, 2.24) is 14.5 Å². The van der Waals surface area contributed by atoms with Gasteiger partial charge in [-0.1, -0.05) is 32.4 Å². The molecule has 2 aromatic heterocycles. The first-order valence-corrected chi connectivity index (χ1v) is 13.4. The Hall–Kier alpha value is -3.50. The first-order chi connectivity index (χ1) is 19.0. The van der Waals surface area contributed by atoms with Crippen LogP contribution in [0.1, 0.15) is 70.7 Å². The lowest BCUT2D eigenvalue weighted by Gasteiger charge is -2.28. The highest BCUT2D eigenvalue weighted by Gasteiger charge is 2.28. The lowest BCUT2D eigenvalue weighted by molar-refractivity contribution is 0.0686. The summed E-state index contributed by atoms with van der Waals surface area (Å²) in [5.74, 6) is -1.37. The van der Waals surface area contributed by atoms with Gasteiger partial charge in [-0.2, -0.15) is 0 Å². The van der Waals surface area contributed by atoms with E-state index in [-0.39, 0.29) is 35.5 Å². The summed E-state index contributed by atoms with van der Waals surface area (Å²) in [6.45, 7) is 13.9. The molecule has 0 fully saturated rings. The molecule has 2 aromatic rings. The van der Waals surface area contributed by atoms with Gasteiger partial charge < -0.3 is 14.4 Å². The van der Waals surface area contributed by atoms with Gasteiger partial charge >= 0.3 is 0 Å². The van der Waals surface area contributed by atoms with Crippen LogP contribution in [-0.4, -0.2) is 39.2 Å². The second kappa shape index (κ2) is 14.8. The van der Waals surface area contributed by atoms with E-state index in [4.69, 9.17) is 16.3 Å². The fraction of sp³-hybridized carbons (Fsp3) is 0.414. The monoisotopic (exact) mass is 575 g/mol. The minimum Gasteiger partial charge on any atom is -0.491 e. The molecule has 0 aliphatic carbocycles. The third-order valence-corrected chi connectivity index (χ3v) is 6.21. The second-order valence-electron chi connectivity index (χ2n) is 9.24. The van der Waals surface area contributed by atoms with Crippen molar-refractivity contribution in [2.45, 2.75) is 66.0 Å². The predicted molar refractivity (Wildman–Crippen MR) is 156 cm³/mol. The van der Waals surface area contributed by atoms with E-state index in [9.17, 15) is 18.7 Å². The average molecular weight is 576 g/mol. The topological polar surface area (TPSA) is 102 Å². The highest BCUT2D eigenvalue weighted by molar-refractivity contribution is 6.31. The van der Waals surface area contributed by atoms with E-state index < -0.39 is 28.9 Å². The minimum absolute atomic E-state index is 0.0965. The van der Waals surface area contributed by atoms with Crippen molar-refractivity contribution in [3.63, 3.8) is 0 Å². The van der Waals surface area contributed by atoms with E-state index in [0.717, 1.165) is 6.20 Å². The predicted octanol–water partition coefficient (Wildman–Crippen LogP) is 6.68. The van der Waals surface area contributed by atoms with Gasteiger partial charge in [-0.25, -0.2) is 18.7 Å². The summed E-state index contributed by atoms with van der Waals surface area (Å²) in [4.78, 5) is 29.7. The average Bonchev–Trinajstić information content (AvgIpc) is 2.92. The van der Waals surface area contributed by atoms with Gasteiger partial charge in [-0.3, -0.25) is 14.8 Å². The van der Waals surface area contributed by atoms with E-state index in [2.05, 4.69) is 26.7 Å². The van der Waals surface area contributed by atoms with Crippen LogP contribution in [0.2, 0.25) is 5.02 Å². The van der Waals surface area contributed by atoms with E-state index in [1.165, 1.54) is 0 Å². The highest BCUT2D eigenvalue weighted by Crippen LogP contribution is 2.33. The molecule has 1 aliphatic heterocycles. The zero-order valence-corrected chi connectivity index (χ0v) is 24.4. The third kappa shape index (κ3) is 8.25. The minimum atomic E-state index is -1.23. The van der Waals surface area contributed by atoms with Crippen molar-refractivity contribution >= 4 is 30.2 Å². The number of halogens is 3. The zero-order valence-electron chi connectivity index (χ0n) is 23.7. The summed E-state index contributed by atoms with van der Waals surface area (Å²) in [7, 11) is 0. The Labute approximate surface area is 238 Å². The fourth-order valence-electron chi connectivity index (χ4n) is 3.93. The normalized spacial score (nSPS) is 17.6. The number of aryl methyl sites for hydroxylation is 1. The Bertz CT molecular complexity index is 1380. The Kier molecular flexibility index (Phi) is 12.1. The van der Waals surface area contributed by atoms with E-state index >= 15 is 0 Å². The molecule has 0 bridgehead atoms. The van der Waals surface area contributed by atoms with Crippen LogP contribution in [0.25, 0.3) is 5.70 Å². The zero-order chi connectivity index (χ0) is 30.0. The summed E-state index contributed by atoms with van der Waals surface area (Å²) in [5, 5.41) is 10.1. The van der Waals surface area contributed by atoms with Gasteiger partial charge in [0.15, 0.2) is 5.82 Å². The number of allylic oxidation sites excluding steroid dienone is 3. The van der Waals surface area contributed by atoms with Crippen LogP contribution in [0.15, 0.2) is 63.1 Å². The number of pyridine rings is 1. The summed E-state index contributed by atoms with van der Waals surface area (Å²) in [6.07, 6.45) is 7.12. The lowest BCUT2D eigenvalue weighted by atomic mass is 9.93. The van der Waals surface area contributed by atoms with Crippen LogP contribution in [0.4, 0.5) is 8.78 Å². The summed E-state index contributed by atoms with van der Waals surface area (Å²) >= 11 is 6.39. The van der Waals surface area contributed by atoms with Gasteiger partial charge in [0.05, 0.1) is 30.2 Å². The SMILES string of the molecule is C=N/C=C(F)\C=C(\F)CCOc1cc(C)n([C@@H]2C=C(c3ccnc(C(C)(C)O)n3)N=CC2CC)c(=O)c1Cl.CC. The van der Waals surface area contributed by atoms with Crippen molar-refractivity contribution in [3.05, 3.63) is 80.9 Å². The highest BCUT2D eigenvalue weighted by atomic mass is 35.5. The molecule has 11 heteroatoms. The largest absolute Gasteiger partial charge is 0.491 e. The molecule has 1 aliphatic rings. The van der Waals surface area contributed by atoms with Crippen LogP contribution in [0.3, 0.4) is 0 Å². The van der Waals surface area contributed by atoms with Crippen LogP contribution < -0.4 is 10.3 Å². The van der Waals surface area contributed by atoms with Crippen LogP contribution in [-0.2, 0) is 5.60 Å². The molecule has 0 saturated carbocycles. The molecular formula is C29H36ClF2N5O3. The molecule has 0 saturated heterocycles. The van der Waals surface area contributed by atoms with E-state index in [1.807, 2.05) is 26.8 Å². The van der Waals surface area contributed by atoms with E-state index in [1.54, 1.807) is 49.9 Å². The molecule has 40 heavy (non-hydrogen) atoms. The summed E-state index contributed by atoms with van der Waals surface area (Å²) < 4.78 is 34.3.